The Labute approximate surface area is 107 Å². The highest BCUT2D eigenvalue weighted by atomic mass is 35.5. The molecule has 4 heteroatoms. The van der Waals surface area contributed by atoms with Gasteiger partial charge in [0.05, 0.1) is 0 Å². The van der Waals surface area contributed by atoms with Gasteiger partial charge in [-0.2, -0.15) is 0 Å². The van der Waals surface area contributed by atoms with Crippen molar-refractivity contribution >= 4 is 17.5 Å². The summed E-state index contributed by atoms with van der Waals surface area (Å²) in [4.78, 5) is 16.1. The second-order valence-electron chi connectivity index (χ2n) is 4.53. The van der Waals surface area contributed by atoms with E-state index < -0.39 is 0 Å². The van der Waals surface area contributed by atoms with Crippen LogP contribution in [-0.4, -0.2) is 17.4 Å². The fourth-order valence-corrected chi connectivity index (χ4v) is 2.13. The zero-order valence-electron chi connectivity index (χ0n) is 10.0. The first-order valence-corrected chi connectivity index (χ1v) is 6.51. The molecule has 1 aliphatic carbocycles. The van der Waals surface area contributed by atoms with Crippen LogP contribution in [0.4, 0.5) is 0 Å². The standard InChI is InChI=1S/C13H17ClN2O/c1-2-11-6-10(7-12(14)16-11)13(17)15-8-9-4-3-5-9/h6-7,9H,2-5,8H2,1H3,(H,15,17). The number of nitrogens with zero attached hydrogens (tertiary/aromatic N) is 1. The second-order valence-corrected chi connectivity index (χ2v) is 4.92. The van der Waals surface area contributed by atoms with Gasteiger partial charge in [0.25, 0.3) is 5.91 Å². The number of rotatable bonds is 4. The summed E-state index contributed by atoms with van der Waals surface area (Å²) in [7, 11) is 0. The van der Waals surface area contributed by atoms with Crippen molar-refractivity contribution in [2.45, 2.75) is 32.6 Å². The molecule has 1 saturated carbocycles. The van der Waals surface area contributed by atoms with Crippen LogP contribution in [0.5, 0.6) is 0 Å². The van der Waals surface area contributed by atoms with Crippen LogP contribution in [0.25, 0.3) is 0 Å². The predicted molar refractivity (Wildman–Crippen MR) is 68.3 cm³/mol. The third-order valence-electron chi connectivity index (χ3n) is 3.25. The number of carbonyl (C=O) groups excluding carboxylic acids is 1. The van der Waals surface area contributed by atoms with Gasteiger partial charge in [-0.25, -0.2) is 4.98 Å². The lowest BCUT2D eigenvalue weighted by Crippen LogP contribution is -2.32. The molecule has 1 aromatic heterocycles. The van der Waals surface area contributed by atoms with Gasteiger partial charge in [0.2, 0.25) is 0 Å². The minimum absolute atomic E-state index is 0.0455. The van der Waals surface area contributed by atoms with Crippen LogP contribution in [0.1, 0.15) is 42.2 Å². The lowest BCUT2D eigenvalue weighted by Gasteiger charge is -2.25. The number of pyridine rings is 1. The maximum Gasteiger partial charge on any atom is 0.251 e. The monoisotopic (exact) mass is 252 g/mol. The van der Waals surface area contributed by atoms with Gasteiger partial charge >= 0.3 is 0 Å². The highest BCUT2D eigenvalue weighted by Gasteiger charge is 2.18. The minimum Gasteiger partial charge on any atom is -0.352 e. The van der Waals surface area contributed by atoms with Crippen molar-refractivity contribution in [3.05, 3.63) is 28.5 Å². The third-order valence-corrected chi connectivity index (χ3v) is 3.44. The number of hydrogen-bond acceptors (Lipinski definition) is 2. The van der Waals surface area contributed by atoms with Crippen LogP contribution >= 0.6 is 11.6 Å². The maximum atomic E-state index is 11.9. The molecule has 1 heterocycles. The first kappa shape index (κ1) is 12.4. The summed E-state index contributed by atoms with van der Waals surface area (Å²) in [6.45, 7) is 2.77. The van der Waals surface area contributed by atoms with E-state index in [4.69, 9.17) is 11.6 Å². The molecule has 2 rings (SSSR count). The van der Waals surface area contributed by atoms with Crippen LogP contribution in [0.15, 0.2) is 12.1 Å². The van der Waals surface area contributed by atoms with E-state index in [2.05, 4.69) is 10.3 Å². The first-order valence-electron chi connectivity index (χ1n) is 6.13. The Balaban J connectivity index is 1.99. The fourth-order valence-electron chi connectivity index (χ4n) is 1.90. The van der Waals surface area contributed by atoms with Crippen molar-refractivity contribution in [3.8, 4) is 0 Å². The molecule has 1 N–H and O–H groups in total. The van der Waals surface area contributed by atoms with Crippen LogP contribution in [-0.2, 0) is 6.42 Å². The van der Waals surface area contributed by atoms with Crippen LogP contribution in [0.3, 0.4) is 0 Å². The quantitative estimate of drug-likeness (QED) is 0.838. The van der Waals surface area contributed by atoms with Gasteiger partial charge in [-0.15, -0.1) is 0 Å². The smallest absolute Gasteiger partial charge is 0.251 e. The zero-order chi connectivity index (χ0) is 12.3. The molecule has 92 valence electrons. The molecule has 0 aromatic carbocycles. The number of amides is 1. The number of aryl methyl sites for hydroxylation is 1. The highest BCUT2D eigenvalue weighted by molar-refractivity contribution is 6.29. The Morgan fingerprint density at radius 2 is 2.29 bits per heavy atom. The summed E-state index contributed by atoms with van der Waals surface area (Å²) in [5.41, 5.74) is 1.47. The molecule has 1 aliphatic rings. The van der Waals surface area contributed by atoms with Gasteiger partial charge in [0.15, 0.2) is 0 Å². The van der Waals surface area contributed by atoms with Crippen molar-refractivity contribution in [1.29, 1.82) is 0 Å². The summed E-state index contributed by atoms with van der Waals surface area (Å²) in [5, 5.41) is 3.34. The van der Waals surface area contributed by atoms with Crippen molar-refractivity contribution in [3.63, 3.8) is 0 Å². The lowest BCUT2D eigenvalue weighted by atomic mass is 9.85. The number of halogens is 1. The molecule has 0 aliphatic heterocycles. The largest absolute Gasteiger partial charge is 0.352 e. The molecule has 0 saturated heterocycles. The van der Waals surface area contributed by atoms with Crippen molar-refractivity contribution < 1.29 is 4.79 Å². The molecule has 1 aromatic rings. The predicted octanol–water partition coefficient (Wildman–Crippen LogP) is 2.83. The topological polar surface area (TPSA) is 42.0 Å². The van der Waals surface area contributed by atoms with E-state index in [0.717, 1.165) is 18.7 Å². The summed E-state index contributed by atoms with van der Waals surface area (Å²) in [5.74, 6) is 0.623. The summed E-state index contributed by atoms with van der Waals surface area (Å²) < 4.78 is 0. The molecule has 0 bridgehead atoms. The van der Waals surface area contributed by atoms with E-state index >= 15 is 0 Å². The maximum absolute atomic E-state index is 11.9. The van der Waals surface area contributed by atoms with Gasteiger partial charge in [-0.3, -0.25) is 4.79 Å². The zero-order valence-corrected chi connectivity index (χ0v) is 10.8. The lowest BCUT2D eigenvalue weighted by molar-refractivity contribution is 0.0939. The molecule has 0 atom stereocenters. The number of nitrogens with one attached hydrogen (secondary N) is 1. The molecular weight excluding hydrogens is 236 g/mol. The van der Waals surface area contributed by atoms with E-state index in [1.165, 1.54) is 19.3 Å². The number of carbonyl (C=O) groups is 1. The third kappa shape index (κ3) is 3.19. The first-order chi connectivity index (χ1) is 8.19. The second kappa shape index (κ2) is 5.50. The Morgan fingerprint density at radius 1 is 1.53 bits per heavy atom. The normalized spacial score (nSPS) is 15.4. The fraction of sp³-hybridized carbons (Fsp3) is 0.538. The van der Waals surface area contributed by atoms with Crippen LogP contribution in [0, 0.1) is 5.92 Å². The Morgan fingerprint density at radius 3 is 2.88 bits per heavy atom. The molecule has 3 nitrogen and oxygen atoms in total. The van der Waals surface area contributed by atoms with Gasteiger partial charge < -0.3 is 5.32 Å². The van der Waals surface area contributed by atoms with Gasteiger partial charge in [0.1, 0.15) is 5.15 Å². The van der Waals surface area contributed by atoms with E-state index in [1.54, 1.807) is 6.07 Å². The summed E-state index contributed by atoms with van der Waals surface area (Å²) in [6.07, 6.45) is 4.54. The van der Waals surface area contributed by atoms with E-state index in [1.807, 2.05) is 13.0 Å². The van der Waals surface area contributed by atoms with E-state index in [0.29, 0.717) is 16.6 Å². The Kier molecular flexibility index (Phi) is 4.00. The van der Waals surface area contributed by atoms with Crippen molar-refractivity contribution in [1.82, 2.24) is 10.3 Å². The molecule has 1 fully saturated rings. The van der Waals surface area contributed by atoms with Gasteiger partial charge in [-0.05, 0) is 37.3 Å². The molecule has 1 amide bonds. The van der Waals surface area contributed by atoms with Crippen molar-refractivity contribution in [2.75, 3.05) is 6.54 Å². The minimum atomic E-state index is -0.0455. The van der Waals surface area contributed by atoms with E-state index in [-0.39, 0.29) is 5.91 Å². The Bertz CT molecular complexity index is 416. The SMILES string of the molecule is CCc1cc(C(=O)NCC2CCC2)cc(Cl)n1. The Hall–Kier alpha value is -1.09. The molecular formula is C13H17ClN2O. The van der Waals surface area contributed by atoms with Crippen molar-refractivity contribution in [2.24, 2.45) is 5.92 Å². The molecule has 0 spiro atoms. The molecule has 0 radical (unpaired) electrons. The number of hydrogen-bond donors (Lipinski definition) is 1. The average Bonchev–Trinajstić information content (AvgIpc) is 2.25. The summed E-state index contributed by atoms with van der Waals surface area (Å²) >= 11 is 5.88. The van der Waals surface area contributed by atoms with Gasteiger partial charge in [0, 0.05) is 17.8 Å². The van der Waals surface area contributed by atoms with Gasteiger partial charge in [-0.1, -0.05) is 24.9 Å². The molecule has 0 unspecified atom stereocenters. The van der Waals surface area contributed by atoms with E-state index in [9.17, 15) is 4.79 Å². The van der Waals surface area contributed by atoms with Crippen LogP contribution < -0.4 is 5.32 Å². The van der Waals surface area contributed by atoms with Crippen LogP contribution in [0.2, 0.25) is 5.15 Å². The number of aromatic nitrogens is 1. The average molecular weight is 253 g/mol. The summed E-state index contributed by atoms with van der Waals surface area (Å²) in [6, 6.07) is 3.43. The highest BCUT2D eigenvalue weighted by Crippen LogP contribution is 2.25. The molecule has 17 heavy (non-hydrogen) atoms.